The molecule has 158 valence electrons. The van der Waals surface area contributed by atoms with Crippen LogP contribution in [0.5, 0.6) is 0 Å². The van der Waals surface area contributed by atoms with Crippen LogP contribution in [0, 0.1) is 11.8 Å². The molecule has 0 aliphatic rings. The van der Waals surface area contributed by atoms with Gasteiger partial charge < -0.3 is 5.11 Å². The van der Waals surface area contributed by atoms with Crippen molar-refractivity contribution < 1.29 is 23.2 Å². The topological polar surface area (TPSA) is 65.0 Å². The zero-order chi connectivity index (χ0) is 19.8. The van der Waals surface area contributed by atoms with Crippen molar-refractivity contribution >= 4 is 7.82 Å². The van der Waals surface area contributed by atoms with Crippen LogP contribution in [0.2, 0.25) is 0 Å². The van der Waals surface area contributed by atoms with Gasteiger partial charge in [-0.05, 0) is 31.1 Å². The van der Waals surface area contributed by atoms with Gasteiger partial charge in [0, 0.05) is 0 Å². The number of phosphoric acid groups is 1. The highest BCUT2D eigenvalue weighted by Gasteiger charge is 2.30. The van der Waals surface area contributed by atoms with E-state index in [1.165, 1.54) is 0 Å². The van der Waals surface area contributed by atoms with Crippen molar-refractivity contribution in [3.63, 3.8) is 0 Å². The molecule has 0 aliphatic heterocycles. The van der Waals surface area contributed by atoms with Crippen molar-refractivity contribution in [1.29, 1.82) is 0 Å². The Balaban J connectivity index is 4.73. The molecule has 0 heterocycles. The fourth-order valence-electron chi connectivity index (χ4n) is 2.60. The Kier molecular flexibility index (Phi) is 16.1. The summed E-state index contributed by atoms with van der Waals surface area (Å²) in [4.78, 5) is 0. The van der Waals surface area contributed by atoms with Crippen molar-refractivity contribution in [3.05, 3.63) is 0 Å². The molecule has 5 nitrogen and oxygen atoms in total. The van der Waals surface area contributed by atoms with E-state index < -0.39 is 13.9 Å². The first-order valence-electron chi connectivity index (χ1n) is 10.7. The van der Waals surface area contributed by atoms with E-state index in [0.29, 0.717) is 31.5 Å². The first kappa shape index (κ1) is 26.1. The number of aliphatic hydroxyl groups is 1. The SMILES string of the molecule is CCCCC(CC)COP(=O)(OCC(O)CC)OCC(CC)CCCC. The van der Waals surface area contributed by atoms with Gasteiger partial charge in [0.05, 0.1) is 25.9 Å². The summed E-state index contributed by atoms with van der Waals surface area (Å²) in [5.74, 6) is 0.710. The van der Waals surface area contributed by atoms with Crippen molar-refractivity contribution in [2.75, 3.05) is 19.8 Å². The molecule has 1 N–H and O–H groups in total. The molecule has 0 saturated heterocycles. The third-order valence-corrected chi connectivity index (χ3v) is 6.32. The minimum Gasteiger partial charge on any atom is -0.391 e. The van der Waals surface area contributed by atoms with Crippen LogP contribution in [0.1, 0.15) is 92.4 Å². The van der Waals surface area contributed by atoms with Gasteiger partial charge in [-0.2, -0.15) is 0 Å². The zero-order valence-corrected chi connectivity index (χ0v) is 18.6. The Hall–Kier alpha value is 0.0700. The highest BCUT2D eigenvalue weighted by molar-refractivity contribution is 7.48. The predicted octanol–water partition coefficient (Wildman–Crippen LogP) is 6.35. The first-order chi connectivity index (χ1) is 12.4. The summed E-state index contributed by atoms with van der Waals surface area (Å²) in [7, 11) is -3.64. The largest absolute Gasteiger partial charge is 0.474 e. The Morgan fingerprint density at radius 1 is 0.731 bits per heavy atom. The zero-order valence-electron chi connectivity index (χ0n) is 17.7. The molecule has 0 amide bonds. The van der Waals surface area contributed by atoms with E-state index in [9.17, 15) is 9.67 Å². The molecule has 3 atom stereocenters. The van der Waals surface area contributed by atoms with E-state index in [4.69, 9.17) is 13.6 Å². The molecule has 0 rings (SSSR count). The fraction of sp³-hybridized carbons (Fsp3) is 1.00. The standard InChI is InChI=1S/C20H43O5P/c1-6-11-13-18(8-3)15-23-26(22,25-17-20(21)10-5)24-16-19(9-4)14-12-7-2/h18-21H,6-17H2,1-5H3. The number of phosphoric ester groups is 1. The summed E-state index contributed by atoms with van der Waals surface area (Å²) in [5, 5.41) is 9.74. The van der Waals surface area contributed by atoms with Gasteiger partial charge in [0.15, 0.2) is 0 Å². The van der Waals surface area contributed by atoms with E-state index in [1.807, 2.05) is 6.92 Å². The average Bonchev–Trinajstić information content (AvgIpc) is 2.66. The van der Waals surface area contributed by atoms with E-state index in [2.05, 4.69) is 27.7 Å². The summed E-state index contributed by atoms with van der Waals surface area (Å²) in [5.41, 5.74) is 0. The maximum atomic E-state index is 13.0. The van der Waals surface area contributed by atoms with Crippen molar-refractivity contribution in [2.45, 2.75) is 98.5 Å². The molecule has 0 saturated carbocycles. The Labute approximate surface area is 161 Å². The van der Waals surface area contributed by atoms with Gasteiger partial charge in [0.1, 0.15) is 0 Å². The minimum absolute atomic E-state index is 0.0225. The molecule has 26 heavy (non-hydrogen) atoms. The molecule has 3 unspecified atom stereocenters. The smallest absolute Gasteiger partial charge is 0.391 e. The van der Waals surface area contributed by atoms with Crippen LogP contribution in [0.25, 0.3) is 0 Å². The van der Waals surface area contributed by atoms with Gasteiger partial charge in [-0.15, -0.1) is 0 Å². The van der Waals surface area contributed by atoms with Crippen LogP contribution in [0.4, 0.5) is 0 Å². The Morgan fingerprint density at radius 2 is 1.15 bits per heavy atom. The lowest BCUT2D eigenvalue weighted by molar-refractivity contribution is 0.0457. The molecule has 0 spiro atoms. The molecule has 6 heteroatoms. The molecule has 0 aromatic heterocycles. The number of hydrogen-bond acceptors (Lipinski definition) is 5. The third-order valence-electron chi connectivity index (χ3n) is 4.92. The van der Waals surface area contributed by atoms with E-state index in [0.717, 1.165) is 51.4 Å². The number of unbranched alkanes of at least 4 members (excludes halogenated alkanes) is 2. The lowest BCUT2D eigenvalue weighted by Crippen LogP contribution is -2.17. The summed E-state index contributed by atoms with van der Waals surface area (Å²) < 4.78 is 29.8. The Bertz CT molecular complexity index is 340. The van der Waals surface area contributed by atoms with Gasteiger partial charge >= 0.3 is 7.82 Å². The summed E-state index contributed by atoms with van der Waals surface area (Å²) in [6.45, 7) is 11.2. The second-order valence-electron chi connectivity index (χ2n) is 7.23. The molecule has 0 bridgehead atoms. The number of rotatable bonds is 18. The quantitative estimate of drug-likeness (QED) is 0.274. The van der Waals surface area contributed by atoms with Gasteiger partial charge in [0.25, 0.3) is 0 Å². The van der Waals surface area contributed by atoms with Gasteiger partial charge in [-0.25, -0.2) is 4.57 Å². The molecule has 0 radical (unpaired) electrons. The lowest BCUT2D eigenvalue weighted by atomic mass is 10.0. The van der Waals surface area contributed by atoms with Crippen LogP contribution in [0.15, 0.2) is 0 Å². The molecule has 0 aromatic carbocycles. The maximum Gasteiger partial charge on any atom is 0.474 e. The van der Waals surface area contributed by atoms with Crippen LogP contribution in [-0.4, -0.2) is 31.0 Å². The van der Waals surface area contributed by atoms with Crippen LogP contribution < -0.4 is 0 Å². The normalized spacial score (nSPS) is 17.6. The molecule has 0 aliphatic carbocycles. The maximum absolute atomic E-state index is 13.0. The molecular weight excluding hydrogens is 351 g/mol. The molecule has 0 aromatic rings. The summed E-state index contributed by atoms with van der Waals surface area (Å²) >= 11 is 0. The highest BCUT2D eigenvalue weighted by Crippen LogP contribution is 2.50. The predicted molar refractivity (Wildman–Crippen MR) is 108 cm³/mol. The monoisotopic (exact) mass is 394 g/mol. The third kappa shape index (κ3) is 12.5. The van der Waals surface area contributed by atoms with E-state index in [1.54, 1.807) is 0 Å². The van der Waals surface area contributed by atoms with Crippen LogP contribution in [-0.2, 0) is 18.1 Å². The van der Waals surface area contributed by atoms with Gasteiger partial charge in [-0.3, -0.25) is 13.6 Å². The number of hydrogen-bond donors (Lipinski definition) is 1. The Morgan fingerprint density at radius 3 is 1.50 bits per heavy atom. The summed E-state index contributed by atoms with van der Waals surface area (Å²) in [6.07, 6.45) is 8.50. The second-order valence-corrected chi connectivity index (χ2v) is 8.90. The van der Waals surface area contributed by atoms with E-state index in [-0.39, 0.29) is 6.61 Å². The summed E-state index contributed by atoms with van der Waals surface area (Å²) in [6, 6.07) is 0. The average molecular weight is 395 g/mol. The first-order valence-corrected chi connectivity index (χ1v) is 12.1. The van der Waals surface area contributed by atoms with Crippen molar-refractivity contribution in [2.24, 2.45) is 11.8 Å². The minimum atomic E-state index is -3.64. The van der Waals surface area contributed by atoms with Crippen LogP contribution in [0.3, 0.4) is 0 Å². The van der Waals surface area contributed by atoms with E-state index >= 15 is 0 Å². The number of aliphatic hydroxyl groups excluding tert-OH is 1. The fourth-order valence-corrected chi connectivity index (χ4v) is 3.96. The second kappa shape index (κ2) is 16.1. The molecular formula is C20H43O5P. The molecule has 0 fully saturated rings. The van der Waals surface area contributed by atoms with Crippen molar-refractivity contribution in [1.82, 2.24) is 0 Å². The van der Waals surface area contributed by atoms with Crippen LogP contribution >= 0.6 is 7.82 Å². The van der Waals surface area contributed by atoms with Gasteiger partial charge in [-0.1, -0.05) is 73.1 Å². The van der Waals surface area contributed by atoms with Crippen molar-refractivity contribution in [3.8, 4) is 0 Å². The highest BCUT2D eigenvalue weighted by atomic mass is 31.2. The lowest BCUT2D eigenvalue weighted by Gasteiger charge is -2.24. The van der Waals surface area contributed by atoms with Gasteiger partial charge in [0.2, 0.25) is 0 Å².